The number of benzene rings is 1. The first kappa shape index (κ1) is 23.1. The lowest BCUT2D eigenvalue weighted by Crippen LogP contribution is -2.58. The summed E-state index contributed by atoms with van der Waals surface area (Å²) in [4.78, 5) is 23.8. The Labute approximate surface area is 204 Å². The van der Waals surface area contributed by atoms with Gasteiger partial charge in [0.05, 0.1) is 12.1 Å². The Bertz CT molecular complexity index is 1180. The lowest BCUT2D eigenvalue weighted by Gasteiger charge is -2.43. The average molecular weight is 477 g/mol. The highest BCUT2D eigenvalue weighted by atomic mass is 16.5. The predicted octanol–water partition coefficient (Wildman–Crippen LogP) is 3.67. The maximum absolute atomic E-state index is 12.9. The number of primary amides is 1. The van der Waals surface area contributed by atoms with Crippen molar-refractivity contribution in [1.82, 2.24) is 25.1 Å². The van der Waals surface area contributed by atoms with E-state index < -0.39 is 6.03 Å². The largest absolute Gasteiger partial charge is 0.375 e. The van der Waals surface area contributed by atoms with Gasteiger partial charge < -0.3 is 26.0 Å². The number of nitrogens with two attached hydrogens (primary N) is 1. The molecule has 10 heteroatoms. The number of hydrogen-bond donors (Lipinski definition) is 4. The Morgan fingerprint density at radius 1 is 1.17 bits per heavy atom. The van der Waals surface area contributed by atoms with Gasteiger partial charge in [-0.2, -0.15) is 10.1 Å². The lowest BCUT2D eigenvalue weighted by molar-refractivity contribution is 0.0163. The number of fused-ring (bicyclic) bond motifs is 1. The lowest BCUT2D eigenvalue weighted by atomic mass is 9.88. The molecule has 0 saturated heterocycles. The minimum Gasteiger partial charge on any atom is -0.375 e. The number of hydrogen-bond acceptors (Lipinski definition) is 7. The van der Waals surface area contributed by atoms with Crippen molar-refractivity contribution in [1.29, 1.82) is 0 Å². The summed E-state index contributed by atoms with van der Waals surface area (Å²) < 4.78 is 5.89. The van der Waals surface area contributed by atoms with Crippen LogP contribution in [0.25, 0.3) is 0 Å². The minimum absolute atomic E-state index is 0.0275. The van der Waals surface area contributed by atoms with E-state index in [0.29, 0.717) is 17.6 Å². The Hall–Kier alpha value is -3.66. The topological polar surface area (TPSA) is 134 Å². The molecule has 184 valence electrons. The Morgan fingerprint density at radius 3 is 2.77 bits per heavy atom. The number of rotatable bonds is 7. The van der Waals surface area contributed by atoms with Gasteiger partial charge in [-0.15, -0.1) is 0 Å². The second-order valence-electron chi connectivity index (χ2n) is 9.30. The molecule has 1 aromatic carbocycles. The van der Waals surface area contributed by atoms with Crippen LogP contribution in [-0.4, -0.2) is 56.3 Å². The summed E-state index contributed by atoms with van der Waals surface area (Å²) in [6, 6.07) is 11.2. The van der Waals surface area contributed by atoms with Crippen LogP contribution in [0, 0.1) is 6.92 Å². The molecule has 0 spiro atoms. The summed E-state index contributed by atoms with van der Waals surface area (Å²) in [5, 5.41) is 13.8. The molecule has 2 heterocycles. The fourth-order valence-electron chi connectivity index (χ4n) is 5.53. The van der Waals surface area contributed by atoms with Gasteiger partial charge in [0.25, 0.3) is 0 Å². The summed E-state index contributed by atoms with van der Waals surface area (Å²) in [5.74, 6) is 1.83. The van der Waals surface area contributed by atoms with Crippen molar-refractivity contribution < 1.29 is 9.53 Å². The predicted molar refractivity (Wildman–Crippen MR) is 133 cm³/mol. The van der Waals surface area contributed by atoms with Gasteiger partial charge in [0, 0.05) is 31.1 Å². The van der Waals surface area contributed by atoms with Crippen LogP contribution in [0.2, 0.25) is 0 Å². The number of nitrogens with one attached hydrogen (secondary N) is 3. The van der Waals surface area contributed by atoms with E-state index in [-0.39, 0.29) is 24.2 Å². The first-order valence-electron chi connectivity index (χ1n) is 12.1. The van der Waals surface area contributed by atoms with Crippen molar-refractivity contribution in [2.24, 2.45) is 5.73 Å². The van der Waals surface area contributed by atoms with E-state index in [9.17, 15) is 4.79 Å². The molecular formula is C25H32N8O2. The molecule has 2 aliphatic carbocycles. The van der Waals surface area contributed by atoms with E-state index in [1.807, 2.05) is 30.0 Å². The highest BCUT2D eigenvalue weighted by molar-refractivity contribution is 5.73. The van der Waals surface area contributed by atoms with Crippen LogP contribution in [0.4, 0.5) is 22.4 Å². The molecule has 35 heavy (non-hydrogen) atoms. The number of amides is 2. The number of ether oxygens (including phenoxy) is 1. The fraction of sp³-hybridized carbons (Fsp3) is 0.440. The molecule has 2 aromatic heterocycles. The summed E-state index contributed by atoms with van der Waals surface area (Å²) in [6.07, 6.45) is 6.06. The zero-order chi connectivity index (χ0) is 24.4. The normalized spacial score (nSPS) is 23.5. The number of carbonyl (C=O) groups is 1. The van der Waals surface area contributed by atoms with Crippen LogP contribution in [-0.2, 0) is 11.2 Å². The standard InChI is InChI=1S/C25H32N8O2/c1-15-13-22(32-31-15)29-21-11-12-27-25(30-21)28-18-9-5-6-10-19(18)33(24(26)34)20-14-16-7-3-4-8-17(16)23(20)35-2/h3-4,7-8,11-13,18-20,23H,5-6,9-10,14H2,1-2H3,(H2,26,34)(H3,27,28,29,30,31,32)/t18-,19?,20-,23+/m1/s1. The van der Waals surface area contributed by atoms with Gasteiger partial charge in [0.1, 0.15) is 11.9 Å². The number of nitrogens with zero attached hydrogens (tertiary/aromatic N) is 4. The number of urea groups is 1. The van der Waals surface area contributed by atoms with Gasteiger partial charge in [0.15, 0.2) is 5.82 Å². The first-order chi connectivity index (χ1) is 17.0. The van der Waals surface area contributed by atoms with Crippen LogP contribution >= 0.6 is 0 Å². The van der Waals surface area contributed by atoms with E-state index in [1.54, 1.807) is 19.4 Å². The van der Waals surface area contributed by atoms with Crippen LogP contribution in [0.15, 0.2) is 42.6 Å². The molecule has 0 aliphatic heterocycles. The maximum Gasteiger partial charge on any atom is 0.315 e. The van der Waals surface area contributed by atoms with Crippen molar-refractivity contribution in [2.45, 2.75) is 63.3 Å². The summed E-state index contributed by atoms with van der Waals surface area (Å²) in [6.45, 7) is 1.94. The van der Waals surface area contributed by atoms with Crippen LogP contribution < -0.4 is 16.4 Å². The Balaban J connectivity index is 1.37. The molecule has 2 aliphatic rings. The zero-order valence-electron chi connectivity index (χ0n) is 20.1. The first-order valence-corrected chi connectivity index (χ1v) is 12.1. The SMILES string of the molecule is CO[C@H]1c2ccccc2C[C@H]1N(C(N)=O)C1CCCC[C@H]1Nc1nccc(Nc2cc(C)[nH]n2)n1. The van der Waals surface area contributed by atoms with Gasteiger partial charge in [-0.25, -0.2) is 9.78 Å². The van der Waals surface area contributed by atoms with Crippen molar-refractivity contribution in [3.8, 4) is 0 Å². The van der Waals surface area contributed by atoms with E-state index in [4.69, 9.17) is 10.5 Å². The van der Waals surface area contributed by atoms with Gasteiger partial charge in [-0.1, -0.05) is 37.1 Å². The summed E-state index contributed by atoms with van der Waals surface area (Å²) in [5.41, 5.74) is 9.31. The van der Waals surface area contributed by atoms with Crippen molar-refractivity contribution in [3.63, 3.8) is 0 Å². The van der Waals surface area contributed by atoms with Crippen LogP contribution in [0.1, 0.15) is 48.6 Å². The number of aryl methyl sites for hydroxylation is 1. The zero-order valence-corrected chi connectivity index (χ0v) is 20.1. The van der Waals surface area contributed by atoms with Gasteiger partial charge >= 0.3 is 6.03 Å². The van der Waals surface area contributed by atoms with E-state index in [1.165, 1.54) is 5.56 Å². The number of aromatic amines is 1. The number of anilines is 3. The van der Waals surface area contributed by atoms with E-state index in [2.05, 4.69) is 42.9 Å². The summed E-state index contributed by atoms with van der Waals surface area (Å²) in [7, 11) is 1.70. The van der Waals surface area contributed by atoms with Crippen molar-refractivity contribution in [2.75, 3.05) is 17.7 Å². The summed E-state index contributed by atoms with van der Waals surface area (Å²) >= 11 is 0. The average Bonchev–Trinajstić information content (AvgIpc) is 3.43. The van der Waals surface area contributed by atoms with Gasteiger partial charge in [-0.05, 0) is 43.4 Å². The van der Waals surface area contributed by atoms with E-state index in [0.717, 1.165) is 43.4 Å². The monoisotopic (exact) mass is 476 g/mol. The molecule has 0 bridgehead atoms. The second-order valence-corrected chi connectivity index (χ2v) is 9.30. The third-order valence-corrected chi connectivity index (χ3v) is 7.02. The fourth-order valence-corrected chi connectivity index (χ4v) is 5.53. The second kappa shape index (κ2) is 9.91. The molecule has 1 saturated carbocycles. The number of H-pyrrole nitrogens is 1. The smallest absolute Gasteiger partial charge is 0.315 e. The molecule has 0 radical (unpaired) electrons. The van der Waals surface area contributed by atoms with Crippen LogP contribution in [0.3, 0.4) is 0 Å². The molecule has 1 unspecified atom stereocenters. The highest BCUT2D eigenvalue weighted by Gasteiger charge is 2.43. The molecule has 5 N–H and O–H groups in total. The third kappa shape index (κ3) is 4.79. The third-order valence-electron chi connectivity index (χ3n) is 7.02. The minimum atomic E-state index is -0.422. The highest BCUT2D eigenvalue weighted by Crippen LogP contribution is 2.39. The molecule has 10 nitrogen and oxygen atoms in total. The van der Waals surface area contributed by atoms with Crippen molar-refractivity contribution >= 4 is 23.6 Å². The van der Waals surface area contributed by atoms with Crippen molar-refractivity contribution in [3.05, 3.63) is 59.4 Å². The molecular weight excluding hydrogens is 444 g/mol. The molecule has 4 atom stereocenters. The molecule has 5 rings (SSSR count). The van der Waals surface area contributed by atoms with Gasteiger partial charge in [0.2, 0.25) is 5.95 Å². The molecule has 2 amide bonds. The Kier molecular flexibility index (Phi) is 6.54. The van der Waals surface area contributed by atoms with Gasteiger partial charge in [-0.3, -0.25) is 5.10 Å². The number of aromatic nitrogens is 4. The number of carbonyl (C=O) groups excluding carboxylic acids is 1. The van der Waals surface area contributed by atoms with E-state index >= 15 is 0 Å². The maximum atomic E-state index is 12.9. The van der Waals surface area contributed by atoms with Crippen LogP contribution in [0.5, 0.6) is 0 Å². The quantitative estimate of drug-likeness (QED) is 0.409. The Morgan fingerprint density at radius 2 is 2.00 bits per heavy atom. The number of methoxy groups -OCH3 is 1. The molecule has 1 fully saturated rings. The molecule has 3 aromatic rings.